The van der Waals surface area contributed by atoms with Crippen LogP contribution in [-0.4, -0.2) is 43.7 Å². The van der Waals surface area contributed by atoms with Gasteiger partial charge in [-0.15, -0.1) is 0 Å². The summed E-state index contributed by atoms with van der Waals surface area (Å²) in [4.78, 5) is 19.0. The summed E-state index contributed by atoms with van der Waals surface area (Å²) in [6, 6.07) is 19.9. The quantitative estimate of drug-likeness (QED) is 0.715. The van der Waals surface area contributed by atoms with Crippen LogP contribution in [0.2, 0.25) is 0 Å². The van der Waals surface area contributed by atoms with Crippen LogP contribution >= 0.6 is 0 Å². The number of carbonyl (C=O) groups is 1. The largest absolute Gasteiger partial charge is 0.370 e. The van der Waals surface area contributed by atoms with E-state index < -0.39 is 0 Å². The van der Waals surface area contributed by atoms with Crippen LogP contribution in [0.5, 0.6) is 0 Å². The number of aryl methyl sites for hydroxylation is 1. The maximum atomic E-state index is 13.0. The van der Waals surface area contributed by atoms with E-state index in [1.165, 1.54) is 10.5 Å². The van der Waals surface area contributed by atoms with Crippen molar-refractivity contribution in [1.29, 1.82) is 0 Å². The van der Waals surface area contributed by atoms with Crippen molar-refractivity contribution >= 4 is 16.8 Å². The molecule has 0 saturated carbocycles. The molecule has 2 N–H and O–H groups in total. The Morgan fingerprint density at radius 2 is 1.82 bits per heavy atom. The fourth-order valence-corrected chi connectivity index (χ4v) is 3.63. The number of ether oxygens (including phenoxy) is 1. The fourth-order valence-electron chi connectivity index (χ4n) is 3.63. The zero-order valence-electron chi connectivity index (χ0n) is 16.2. The molecule has 3 aromatic rings. The summed E-state index contributed by atoms with van der Waals surface area (Å²) in [6.45, 7) is 6.39. The standard InChI is InChI=1S/C23H25N3O2/c1-17-6-8-19(9-7-17)22(16-26-12-14-28-15-13-26)25-23(27)21-11-10-18-4-2-3-5-20(18)24-21/h2-11,22H,12-16H2,1H3,(H,25,27)/p+1/t22-/m1/s1. The normalized spacial score (nSPS) is 16.0. The van der Waals surface area contributed by atoms with Gasteiger partial charge in [-0.2, -0.15) is 0 Å². The second-order valence-corrected chi connectivity index (χ2v) is 7.39. The Labute approximate surface area is 165 Å². The molecule has 2 aromatic carbocycles. The minimum Gasteiger partial charge on any atom is -0.370 e. The van der Waals surface area contributed by atoms with Crippen LogP contribution in [0.15, 0.2) is 60.7 Å². The lowest BCUT2D eigenvalue weighted by Gasteiger charge is -2.28. The smallest absolute Gasteiger partial charge is 0.270 e. The molecule has 1 aliphatic rings. The number of hydrogen-bond acceptors (Lipinski definition) is 3. The van der Waals surface area contributed by atoms with Gasteiger partial charge < -0.3 is 15.0 Å². The number of quaternary nitrogens is 1. The Morgan fingerprint density at radius 1 is 1.07 bits per heavy atom. The minimum atomic E-state index is -0.135. The summed E-state index contributed by atoms with van der Waals surface area (Å²) in [5.74, 6) is -0.135. The molecule has 5 heteroatoms. The molecule has 0 spiro atoms. The Kier molecular flexibility index (Phi) is 5.65. The van der Waals surface area contributed by atoms with Crippen molar-refractivity contribution in [3.8, 4) is 0 Å². The number of carbonyl (C=O) groups excluding carboxylic acids is 1. The maximum absolute atomic E-state index is 13.0. The van der Waals surface area contributed by atoms with E-state index in [4.69, 9.17) is 4.74 Å². The molecule has 144 valence electrons. The van der Waals surface area contributed by atoms with Crippen LogP contribution in [0, 0.1) is 6.92 Å². The van der Waals surface area contributed by atoms with Gasteiger partial charge in [0.15, 0.2) is 0 Å². The number of morpholine rings is 1. The van der Waals surface area contributed by atoms with E-state index in [9.17, 15) is 4.79 Å². The predicted octanol–water partition coefficient (Wildman–Crippen LogP) is 1.93. The highest BCUT2D eigenvalue weighted by atomic mass is 16.5. The van der Waals surface area contributed by atoms with Crippen LogP contribution in [0.25, 0.3) is 10.9 Å². The lowest BCUT2D eigenvalue weighted by molar-refractivity contribution is -0.909. The van der Waals surface area contributed by atoms with Gasteiger partial charge in [-0.05, 0) is 24.6 Å². The first-order valence-electron chi connectivity index (χ1n) is 9.83. The third-order valence-corrected chi connectivity index (χ3v) is 5.31. The third kappa shape index (κ3) is 4.38. The SMILES string of the molecule is Cc1ccc([C@@H](C[NH+]2CCOCC2)NC(=O)c2ccc3ccccc3n2)cc1. The molecule has 1 atom stereocenters. The van der Waals surface area contributed by atoms with E-state index in [0.29, 0.717) is 5.69 Å². The molecule has 1 amide bonds. The van der Waals surface area contributed by atoms with Gasteiger partial charge in [0.2, 0.25) is 0 Å². The molecule has 0 bridgehead atoms. The van der Waals surface area contributed by atoms with E-state index in [1.807, 2.05) is 30.3 Å². The monoisotopic (exact) mass is 376 g/mol. The number of nitrogens with one attached hydrogen (secondary N) is 2. The van der Waals surface area contributed by atoms with Gasteiger partial charge in [0.25, 0.3) is 5.91 Å². The van der Waals surface area contributed by atoms with Gasteiger partial charge >= 0.3 is 0 Å². The highest BCUT2D eigenvalue weighted by Gasteiger charge is 2.24. The number of hydrogen-bond donors (Lipinski definition) is 2. The zero-order valence-corrected chi connectivity index (χ0v) is 16.2. The van der Waals surface area contributed by atoms with E-state index in [0.717, 1.165) is 49.3 Å². The Bertz CT molecular complexity index is 949. The molecule has 28 heavy (non-hydrogen) atoms. The van der Waals surface area contributed by atoms with Crippen molar-refractivity contribution in [3.63, 3.8) is 0 Å². The average molecular weight is 376 g/mol. The number of benzene rings is 2. The molecular weight excluding hydrogens is 350 g/mol. The van der Waals surface area contributed by atoms with E-state index in [-0.39, 0.29) is 11.9 Å². The zero-order chi connectivity index (χ0) is 19.3. The van der Waals surface area contributed by atoms with Gasteiger partial charge in [0.05, 0.1) is 18.7 Å². The summed E-state index contributed by atoms with van der Waals surface area (Å²) in [6.07, 6.45) is 0. The van der Waals surface area contributed by atoms with Gasteiger partial charge in [-0.25, -0.2) is 4.98 Å². The second kappa shape index (κ2) is 8.50. The van der Waals surface area contributed by atoms with Crippen molar-refractivity contribution < 1.29 is 14.4 Å². The highest BCUT2D eigenvalue weighted by Crippen LogP contribution is 2.15. The molecule has 0 unspecified atom stereocenters. The first-order valence-corrected chi connectivity index (χ1v) is 9.83. The molecule has 1 fully saturated rings. The molecule has 1 aliphatic heterocycles. The minimum absolute atomic E-state index is 0.0607. The molecule has 0 radical (unpaired) electrons. The van der Waals surface area contributed by atoms with Crippen LogP contribution in [0.1, 0.15) is 27.7 Å². The third-order valence-electron chi connectivity index (χ3n) is 5.31. The van der Waals surface area contributed by atoms with Crippen LogP contribution in [0.4, 0.5) is 0 Å². The molecule has 5 nitrogen and oxygen atoms in total. The number of pyridine rings is 1. The van der Waals surface area contributed by atoms with Crippen molar-refractivity contribution in [1.82, 2.24) is 10.3 Å². The Hall–Kier alpha value is -2.76. The predicted molar refractivity (Wildman–Crippen MR) is 110 cm³/mol. The summed E-state index contributed by atoms with van der Waals surface area (Å²) < 4.78 is 5.48. The first kappa shape index (κ1) is 18.6. The van der Waals surface area contributed by atoms with Crippen molar-refractivity contribution in [2.75, 3.05) is 32.8 Å². The summed E-state index contributed by atoms with van der Waals surface area (Å²) in [7, 11) is 0. The second-order valence-electron chi connectivity index (χ2n) is 7.39. The molecule has 1 saturated heterocycles. The molecule has 2 heterocycles. The van der Waals surface area contributed by atoms with Crippen LogP contribution in [0.3, 0.4) is 0 Å². The van der Waals surface area contributed by atoms with Gasteiger partial charge in [-0.1, -0.05) is 54.1 Å². The van der Waals surface area contributed by atoms with Crippen LogP contribution in [-0.2, 0) is 4.74 Å². The molecule has 4 rings (SSSR count). The maximum Gasteiger partial charge on any atom is 0.270 e. The Balaban J connectivity index is 1.55. The lowest BCUT2D eigenvalue weighted by Crippen LogP contribution is -3.14. The first-order chi connectivity index (χ1) is 13.7. The lowest BCUT2D eigenvalue weighted by atomic mass is 10.0. The summed E-state index contributed by atoms with van der Waals surface area (Å²) in [5, 5.41) is 4.25. The van der Waals surface area contributed by atoms with Gasteiger partial charge in [-0.3, -0.25) is 4.79 Å². The topological polar surface area (TPSA) is 55.7 Å². The average Bonchev–Trinajstić information content (AvgIpc) is 2.74. The number of rotatable bonds is 5. The molecule has 0 aliphatic carbocycles. The molecular formula is C23H26N3O2+. The summed E-state index contributed by atoms with van der Waals surface area (Å²) in [5.41, 5.74) is 3.62. The summed E-state index contributed by atoms with van der Waals surface area (Å²) >= 11 is 0. The highest BCUT2D eigenvalue weighted by molar-refractivity contribution is 5.95. The van der Waals surface area contributed by atoms with Gasteiger partial charge in [0.1, 0.15) is 31.4 Å². The van der Waals surface area contributed by atoms with E-state index in [2.05, 4.69) is 41.5 Å². The number of fused-ring (bicyclic) bond motifs is 1. The number of para-hydroxylation sites is 1. The van der Waals surface area contributed by atoms with Crippen molar-refractivity contribution in [2.45, 2.75) is 13.0 Å². The van der Waals surface area contributed by atoms with Crippen molar-refractivity contribution in [3.05, 3.63) is 77.5 Å². The van der Waals surface area contributed by atoms with Crippen molar-refractivity contribution in [2.24, 2.45) is 0 Å². The Morgan fingerprint density at radius 3 is 2.61 bits per heavy atom. The number of nitrogens with zero attached hydrogens (tertiary/aromatic N) is 1. The van der Waals surface area contributed by atoms with Crippen LogP contribution < -0.4 is 10.2 Å². The number of amides is 1. The van der Waals surface area contributed by atoms with E-state index in [1.54, 1.807) is 6.07 Å². The number of aromatic nitrogens is 1. The van der Waals surface area contributed by atoms with Gasteiger partial charge in [0, 0.05) is 5.39 Å². The molecule has 1 aromatic heterocycles. The fraction of sp³-hybridized carbons (Fsp3) is 0.304. The van der Waals surface area contributed by atoms with E-state index >= 15 is 0 Å².